The molecule has 1 heterocycles. The van der Waals surface area contributed by atoms with Crippen molar-refractivity contribution >= 4 is 35.3 Å². The van der Waals surface area contributed by atoms with Crippen molar-refractivity contribution in [3.05, 3.63) is 54.4 Å². The van der Waals surface area contributed by atoms with E-state index in [0.29, 0.717) is 0 Å². The number of rotatable bonds is 13. The molecule has 0 fully saturated rings. The topological polar surface area (TPSA) is 174 Å². The number of nitrogens with one attached hydrogen (secondary N) is 1. The van der Waals surface area contributed by atoms with Crippen molar-refractivity contribution in [3.63, 3.8) is 0 Å². The Morgan fingerprint density at radius 2 is 1.70 bits per heavy atom. The van der Waals surface area contributed by atoms with Gasteiger partial charge in [-0.25, -0.2) is 9.59 Å². The van der Waals surface area contributed by atoms with E-state index >= 15 is 0 Å². The van der Waals surface area contributed by atoms with Gasteiger partial charge in [0.25, 0.3) is 0 Å². The summed E-state index contributed by atoms with van der Waals surface area (Å²) >= 11 is 0. The van der Waals surface area contributed by atoms with Crippen molar-refractivity contribution in [2.45, 2.75) is 84.5 Å². The minimum atomic E-state index is -2.24. The molecule has 1 aliphatic heterocycles. The monoisotopic (exact) mass is 599 g/mol. The molecule has 0 bridgehead atoms. The number of ketones is 1. The van der Waals surface area contributed by atoms with Gasteiger partial charge >= 0.3 is 12.1 Å². The molecular formula is C31H45N5O7. The number of benzene rings is 1. The van der Waals surface area contributed by atoms with Crippen LogP contribution in [0.25, 0.3) is 0 Å². The van der Waals surface area contributed by atoms with Gasteiger partial charge in [-0.3, -0.25) is 19.3 Å². The summed E-state index contributed by atoms with van der Waals surface area (Å²) < 4.78 is 11.0. The van der Waals surface area contributed by atoms with E-state index in [2.05, 4.69) is 5.32 Å². The Kier molecular flexibility index (Phi) is 12.1. The normalized spacial score (nSPS) is 15.9. The van der Waals surface area contributed by atoms with Gasteiger partial charge in [-0.15, -0.1) is 0 Å². The molecule has 0 saturated carbocycles. The molecule has 1 aromatic rings. The molecule has 2 rings (SSSR count). The fourth-order valence-corrected chi connectivity index (χ4v) is 4.77. The maximum atomic E-state index is 15.0. The molecule has 3 atom stereocenters. The number of amides is 3. The lowest BCUT2D eigenvalue weighted by Gasteiger charge is -2.44. The number of ether oxygens (including phenoxy) is 2. The average molecular weight is 600 g/mol. The Hall–Kier alpha value is -4.19. The molecule has 0 aromatic heterocycles. The molecule has 12 nitrogen and oxygen atoms in total. The van der Waals surface area contributed by atoms with Crippen LogP contribution >= 0.6 is 0 Å². The number of hydrogen-bond donors (Lipinski definition) is 3. The zero-order valence-corrected chi connectivity index (χ0v) is 26.1. The summed E-state index contributed by atoms with van der Waals surface area (Å²) in [5.41, 5.74) is 8.95. The van der Waals surface area contributed by atoms with Gasteiger partial charge in [-0.2, -0.15) is 0 Å². The standard InChI is InChI=1S/C31H45N5O7/c1-8-42-28(40)31(17-20(2)3,36(27(39)21(4)32)23-14-10-9-11-15-23)25(37)24(34-29(41)43-30(5,6)7)19-35-16-12-13-22(18-35)26(33)38/h9-12,14-16,18,20-21,24H,8,13,17,19,32H2,1-7H3,(H2,33,38)(H,34,41)/t21-,24?,31+/m0/s1. The number of primary amides is 1. The summed E-state index contributed by atoms with van der Waals surface area (Å²) in [6.45, 7) is 11.3. The van der Waals surface area contributed by atoms with Gasteiger partial charge in [0.2, 0.25) is 17.4 Å². The van der Waals surface area contributed by atoms with Crippen LogP contribution in [0.3, 0.4) is 0 Å². The van der Waals surface area contributed by atoms with E-state index in [0.717, 1.165) is 4.90 Å². The molecule has 1 aromatic carbocycles. The average Bonchev–Trinajstić information content (AvgIpc) is 2.91. The van der Waals surface area contributed by atoms with Gasteiger partial charge in [0.15, 0.2) is 5.78 Å². The van der Waals surface area contributed by atoms with Gasteiger partial charge in [-0.1, -0.05) is 38.1 Å². The number of allylic oxidation sites excluding steroid dienone is 1. The quantitative estimate of drug-likeness (QED) is 0.227. The molecule has 0 spiro atoms. The third-order valence-corrected chi connectivity index (χ3v) is 6.40. The lowest BCUT2D eigenvalue weighted by atomic mass is 9.79. The van der Waals surface area contributed by atoms with Crippen molar-refractivity contribution in [2.75, 3.05) is 18.1 Å². The first-order chi connectivity index (χ1) is 20.0. The Morgan fingerprint density at radius 1 is 1.07 bits per heavy atom. The molecule has 12 heteroatoms. The van der Waals surface area contributed by atoms with Crippen molar-refractivity contribution in [1.82, 2.24) is 10.2 Å². The molecule has 1 aliphatic rings. The first-order valence-electron chi connectivity index (χ1n) is 14.3. The highest BCUT2D eigenvalue weighted by atomic mass is 16.6. The van der Waals surface area contributed by atoms with E-state index < -0.39 is 52.9 Å². The number of carbonyl (C=O) groups excluding carboxylic acids is 5. The van der Waals surface area contributed by atoms with Crippen LogP contribution in [0.4, 0.5) is 10.5 Å². The molecule has 1 unspecified atom stereocenters. The first-order valence-corrected chi connectivity index (χ1v) is 14.3. The van der Waals surface area contributed by atoms with Crippen LogP contribution < -0.4 is 21.7 Å². The minimum Gasteiger partial charge on any atom is -0.464 e. The summed E-state index contributed by atoms with van der Waals surface area (Å²) in [7, 11) is 0. The van der Waals surface area contributed by atoms with Crippen LogP contribution in [-0.2, 0) is 28.7 Å². The summed E-state index contributed by atoms with van der Waals surface area (Å²) in [5, 5.41) is 2.61. The van der Waals surface area contributed by atoms with Gasteiger partial charge < -0.3 is 31.2 Å². The summed E-state index contributed by atoms with van der Waals surface area (Å²) in [6.07, 6.45) is 3.99. The van der Waals surface area contributed by atoms with E-state index in [9.17, 15) is 24.0 Å². The maximum Gasteiger partial charge on any atom is 0.408 e. The second-order valence-corrected chi connectivity index (χ2v) is 11.8. The van der Waals surface area contributed by atoms with Crippen molar-refractivity contribution in [2.24, 2.45) is 17.4 Å². The first kappa shape index (κ1) is 35.0. The lowest BCUT2D eigenvalue weighted by molar-refractivity contribution is -0.157. The molecule has 5 N–H and O–H groups in total. The van der Waals surface area contributed by atoms with Gasteiger partial charge in [0.05, 0.1) is 12.6 Å². The highest BCUT2D eigenvalue weighted by molar-refractivity contribution is 6.20. The van der Waals surface area contributed by atoms with Gasteiger partial charge in [-0.05, 0) is 71.7 Å². The maximum absolute atomic E-state index is 15.0. The predicted molar refractivity (Wildman–Crippen MR) is 162 cm³/mol. The van der Waals surface area contributed by atoms with E-state index in [1.54, 1.807) is 84.2 Å². The minimum absolute atomic E-state index is 0.0787. The number of esters is 1. The van der Waals surface area contributed by atoms with Crippen LogP contribution in [0.1, 0.15) is 61.3 Å². The highest BCUT2D eigenvalue weighted by Gasteiger charge is 2.57. The van der Waals surface area contributed by atoms with Gasteiger partial charge in [0, 0.05) is 24.0 Å². The lowest BCUT2D eigenvalue weighted by Crippen LogP contribution is -2.70. The van der Waals surface area contributed by atoms with E-state index in [1.165, 1.54) is 18.0 Å². The largest absolute Gasteiger partial charge is 0.464 e. The second-order valence-electron chi connectivity index (χ2n) is 11.8. The third kappa shape index (κ3) is 9.15. The second kappa shape index (κ2) is 14.8. The van der Waals surface area contributed by atoms with Crippen LogP contribution in [0.5, 0.6) is 0 Å². The molecule has 0 aliphatic carbocycles. The number of hydrogen-bond acceptors (Lipinski definition) is 9. The number of nitrogens with two attached hydrogens (primary N) is 2. The van der Waals surface area contributed by atoms with E-state index in [-0.39, 0.29) is 43.2 Å². The smallest absolute Gasteiger partial charge is 0.408 e. The van der Waals surface area contributed by atoms with E-state index in [1.807, 2.05) is 0 Å². The summed E-state index contributed by atoms with van der Waals surface area (Å²) in [5.74, 6) is -3.44. The Bertz CT molecular complexity index is 1240. The van der Waals surface area contributed by atoms with Gasteiger partial charge in [0.1, 0.15) is 11.6 Å². The van der Waals surface area contributed by atoms with Crippen LogP contribution in [0.15, 0.2) is 54.4 Å². The highest BCUT2D eigenvalue weighted by Crippen LogP contribution is 2.35. The summed E-state index contributed by atoms with van der Waals surface area (Å²) in [6, 6.07) is 5.71. The zero-order chi connectivity index (χ0) is 32.5. The van der Waals surface area contributed by atoms with Crippen LogP contribution in [0, 0.1) is 5.92 Å². The predicted octanol–water partition coefficient (Wildman–Crippen LogP) is 2.77. The molecule has 3 amide bonds. The number of Topliss-reactive ketones (excluding diaryl/α,β-unsaturated/α-hetero) is 1. The number of anilines is 1. The summed E-state index contributed by atoms with van der Waals surface area (Å²) in [4.78, 5) is 70.6. The number of para-hydroxylation sites is 1. The molecular weight excluding hydrogens is 554 g/mol. The van der Waals surface area contributed by atoms with Crippen molar-refractivity contribution in [3.8, 4) is 0 Å². The fourth-order valence-electron chi connectivity index (χ4n) is 4.77. The van der Waals surface area contributed by atoms with Crippen molar-refractivity contribution in [1.29, 1.82) is 0 Å². The SMILES string of the molecule is CCOC(=O)[C@@](CC(C)C)(C(=O)C(CN1C=CCC(C(N)=O)=C1)NC(=O)OC(C)(C)C)N(C(=O)[C@H](C)N)c1ccccc1. The zero-order valence-electron chi connectivity index (χ0n) is 26.1. The fraction of sp³-hybridized carbons (Fsp3) is 0.516. The Labute approximate surface area is 253 Å². The van der Waals surface area contributed by atoms with Crippen LogP contribution in [-0.4, -0.2) is 70.9 Å². The molecule has 0 radical (unpaired) electrons. The third-order valence-electron chi connectivity index (χ3n) is 6.40. The molecule has 43 heavy (non-hydrogen) atoms. The number of alkyl carbamates (subject to hydrolysis) is 1. The van der Waals surface area contributed by atoms with E-state index in [4.69, 9.17) is 20.9 Å². The van der Waals surface area contributed by atoms with Crippen LogP contribution in [0.2, 0.25) is 0 Å². The Balaban J connectivity index is 2.85. The molecule has 0 saturated heterocycles. The van der Waals surface area contributed by atoms with Crippen molar-refractivity contribution < 1.29 is 33.4 Å². The number of nitrogens with zero attached hydrogens (tertiary/aromatic N) is 2. The molecule has 236 valence electrons. The Morgan fingerprint density at radius 3 is 2.21 bits per heavy atom. The number of carbonyl (C=O) groups is 5.